The number of nitrogens with zero attached hydrogens (tertiary/aromatic N) is 2. The molecule has 0 unspecified atom stereocenters. The molecule has 0 atom stereocenters. The highest BCUT2D eigenvalue weighted by atomic mass is 15.1. The Labute approximate surface area is 247 Å². The van der Waals surface area contributed by atoms with Gasteiger partial charge in [-0.15, -0.1) is 0 Å². The third-order valence-electron chi connectivity index (χ3n) is 8.81. The summed E-state index contributed by atoms with van der Waals surface area (Å²) in [6.07, 6.45) is 46.1. The van der Waals surface area contributed by atoms with E-state index in [4.69, 9.17) is 0 Å². The lowest BCUT2D eigenvalue weighted by atomic mass is 10.0. The predicted molar refractivity (Wildman–Crippen MR) is 175 cm³/mol. The Hall–Kier alpha value is -0.790. The van der Waals surface area contributed by atoms with Crippen LogP contribution >= 0.6 is 0 Å². The maximum atomic E-state index is 2.59. The summed E-state index contributed by atoms with van der Waals surface area (Å²) in [5, 5.41) is 0. The van der Waals surface area contributed by atoms with E-state index in [-0.39, 0.29) is 0 Å². The molecule has 0 aliphatic heterocycles. The molecule has 1 heterocycles. The van der Waals surface area contributed by atoms with Gasteiger partial charge in [0, 0.05) is 6.42 Å². The topological polar surface area (TPSA) is 8.81 Å². The molecule has 0 bridgehead atoms. The summed E-state index contributed by atoms with van der Waals surface area (Å²) in [6.45, 7) is 9.33. The van der Waals surface area contributed by atoms with Crippen molar-refractivity contribution in [3.8, 4) is 0 Å². The van der Waals surface area contributed by atoms with Gasteiger partial charge in [0.1, 0.15) is 12.4 Å². The van der Waals surface area contributed by atoms with E-state index in [0.29, 0.717) is 0 Å². The van der Waals surface area contributed by atoms with E-state index in [1.165, 1.54) is 199 Å². The lowest BCUT2D eigenvalue weighted by Crippen LogP contribution is -2.37. The highest BCUT2D eigenvalue weighted by Crippen LogP contribution is 2.15. The average Bonchev–Trinajstić information content (AvgIpc) is 3.32. The van der Waals surface area contributed by atoms with E-state index in [9.17, 15) is 0 Å². The first-order valence-corrected chi connectivity index (χ1v) is 18.4. The number of hydrogen-bond donors (Lipinski definition) is 0. The lowest BCUT2D eigenvalue weighted by molar-refractivity contribution is -0.703. The summed E-state index contributed by atoms with van der Waals surface area (Å²) >= 11 is 0. The Morgan fingerprint density at radius 1 is 0.436 bits per heavy atom. The summed E-state index contributed by atoms with van der Waals surface area (Å²) in [5.74, 6) is 1.59. The molecule has 0 saturated carbocycles. The molecular formula is C37H73N2+. The second-order valence-electron chi connectivity index (χ2n) is 12.7. The maximum Gasteiger partial charge on any atom is 0.256 e. The van der Waals surface area contributed by atoms with Crippen molar-refractivity contribution in [2.45, 2.75) is 220 Å². The molecule has 2 nitrogen and oxygen atoms in total. The van der Waals surface area contributed by atoms with Gasteiger partial charge in [0.15, 0.2) is 0 Å². The van der Waals surface area contributed by atoms with Gasteiger partial charge in [0.25, 0.3) is 5.82 Å². The summed E-state index contributed by atoms with van der Waals surface area (Å²) in [6, 6.07) is 0. The van der Waals surface area contributed by atoms with Crippen LogP contribution in [0.5, 0.6) is 0 Å². The molecule has 1 rings (SSSR count). The summed E-state index contributed by atoms with van der Waals surface area (Å²) in [7, 11) is 0. The number of rotatable bonds is 31. The van der Waals surface area contributed by atoms with Crippen LogP contribution in [-0.4, -0.2) is 4.57 Å². The van der Waals surface area contributed by atoms with Gasteiger partial charge in [-0.25, -0.2) is 9.13 Å². The van der Waals surface area contributed by atoms with Gasteiger partial charge < -0.3 is 0 Å². The second-order valence-corrected chi connectivity index (χ2v) is 12.7. The predicted octanol–water partition coefficient (Wildman–Crippen LogP) is 12.3. The third kappa shape index (κ3) is 21.6. The molecule has 0 aromatic carbocycles. The number of unbranched alkanes of at least 4 members (excludes halogenated alkanes) is 25. The average molecular weight is 546 g/mol. The molecule has 0 aliphatic carbocycles. The monoisotopic (exact) mass is 546 g/mol. The molecule has 1 aromatic rings. The quantitative estimate of drug-likeness (QED) is 0.0648. The highest BCUT2D eigenvalue weighted by Gasteiger charge is 2.15. The number of aryl methyl sites for hydroxylation is 2. The van der Waals surface area contributed by atoms with Gasteiger partial charge in [-0.3, -0.25) is 0 Å². The van der Waals surface area contributed by atoms with Crippen LogP contribution in [0.15, 0.2) is 12.4 Å². The fourth-order valence-corrected chi connectivity index (χ4v) is 6.21. The van der Waals surface area contributed by atoms with Crippen LogP contribution in [0.25, 0.3) is 0 Å². The Morgan fingerprint density at radius 3 is 1.18 bits per heavy atom. The third-order valence-corrected chi connectivity index (χ3v) is 8.81. The first-order chi connectivity index (χ1) is 19.3. The molecule has 0 fully saturated rings. The zero-order valence-corrected chi connectivity index (χ0v) is 27.5. The van der Waals surface area contributed by atoms with E-state index in [1.807, 2.05) is 0 Å². The van der Waals surface area contributed by atoms with Crippen molar-refractivity contribution >= 4 is 0 Å². The Kier molecular flexibility index (Phi) is 26.7. The van der Waals surface area contributed by atoms with Crippen LogP contribution in [0.2, 0.25) is 0 Å². The molecule has 2 heteroatoms. The molecule has 39 heavy (non-hydrogen) atoms. The standard InChI is InChI=1S/C37H73N2/c1-4-7-9-11-13-15-17-18-19-20-21-22-24-26-28-30-32-37-38(33-6-3)35-36-39(37)34-31-29-27-25-23-16-14-12-10-8-5-2/h35-36H,4-34H2,1-3H3/q+1. The van der Waals surface area contributed by atoms with Gasteiger partial charge in [-0.1, -0.05) is 175 Å². The summed E-state index contributed by atoms with van der Waals surface area (Å²) in [5.41, 5.74) is 0. The van der Waals surface area contributed by atoms with Crippen LogP contribution < -0.4 is 4.57 Å². The molecule has 0 N–H and O–H groups in total. The molecule has 230 valence electrons. The SMILES string of the molecule is CCCCCCCCCCCCCCCCCCc1n(CCCCCCCCCCCCC)cc[n+]1CCC. The van der Waals surface area contributed by atoms with Gasteiger partial charge in [0.05, 0.1) is 13.1 Å². The highest BCUT2D eigenvalue weighted by molar-refractivity contribution is 4.84. The van der Waals surface area contributed by atoms with Crippen LogP contribution in [0, 0.1) is 0 Å². The molecule has 0 spiro atoms. The van der Waals surface area contributed by atoms with Crippen molar-refractivity contribution in [1.29, 1.82) is 0 Å². The van der Waals surface area contributed by atoms with Gasteiger partial charge in [-0.2, -0.15) is 0 Å². The Bertz CT molecular complexity index is 605. The van der Waals surface area contributed by atoms with Gasteiger partial charge in [-0.05, 0) is 25.7 Å². The first kappa shape index (κ1) is 36.2. The Morgan fingerprint density at radius 2 is 0.795 bits per heavy atom. The zero-order valence-electron chi connectivity index (χ0n) is 27.5. The van der Waals surface area contributed by atoms with Gasteiger partial charge in [0.2, 0.25) is 0 Å². The fourth-order valence-electron chi connectivity index (χ4n) is 6.21. The zero-order chi connectivity index (χ0) is 28.1. The minimum Gasteiger partial charge on any atom is -0.234 e. The van der Waals surface area contributed by atoms with Crippen molar-refractivity contribution in [2.24, 2.45) is 0 Å². The second kappa shape index (κ2) is 28.7. The maximum absolute atomic E-state index is 2.59. The van der Waals surface area contributed by atoms with Crippen LogP contribution in [-0.2, 0) is 19.5 Å². The molecule has 0 radical (unpaired) electrons. The smallest absolute Gasteiger partial charge is 0.234 e. The van der Waals surface area contributed by atoms with E-state index >= 15 is 0 Å². The van der Waals surface area contributed by atoms with Crippen molar-refractivity contribution < 1.29 is 4.57 Å². The largest absolute Gasteiger partial charge is 0.256 e. The Balaban J connectivity index is 2.04. The van der Waals surface area contributed by atoms with Crippen molar-refractivity contribution in [2.75, 3.05) is 0 Å². The van der Waals surface area contributed by atoms with Gasteiger partial charge >= 0.3 is 0 Å². The fraction of sp³-hybridized carbons (Fsp3) is 0.919. The minimum absolute atomic E-state index is 1.18. The number of hydrogen-bond acceptors (Lipinski definition) is 0. The van der Waals surface area contributed by atoms with Crippen molar-refractivity contribution in [1.82, 2.24) is 4.57 Å². The molecular weight excluding hydrogens is 472 g/mol. The molecule has 1 aromatic heterocycles. The van der Waals surface area contributed by atoms with E-state index < -0.39 is 0 Å². The normalized spacial score (nSPS) is 11.6. The molecule has 0 saturated heterocycles. The van der Waals surface area contributed by atoms with E-state index in [1.54, 1.807) is 5.82 Å². The number of aromatic nitrogens is 2. The molecule has 0 amide bonds. The van der Waals surface area contributed by atoms with Crippen LogP contribution in [0.3, 0.4) is 0 Å². The van der Waals surface area contributed by atoms with E-state index in [0.717, 1.165) is 0 Å². The van der Waals surface area contributed by atoms with Crippen molar-refractivity contribution in [3.05, 3.63) is 18.2 Å². The lowest BCUT2D eigenvalue weighted by Gasteiger charge is -2.06. The minimum atomic E-state index is 1.18. The summed E-state index contributed by atoms with van der Waals surface area (Å²) < 4.78 is 5.14. The summed E-state index contributed by atoms with van der Waals surface area (Å²) in [4.78, 5) is 0. The first-order valence-electron chi connectivity index (χ1n) is 18.4. The number of imidazole rings is 1. The van der Waals surface area contributed by atoms with Crippen molar-refractivity contribution in [3.63, 3.8) is 0 Å². The molecule has 0 aliphatic rings. The van der Waals surface area contributed by atoms with Crippen LogP contribution in [0.1, 0.15) is 206 Å². The van der Waals surface area contributed by atoms with Crippen LogP contribution in [0.4, 0.5) is 0 Å². The van der Waals surface area contributed by atoms with E-state index in [2.05, 4.69) is 42.3 Å².